The number of halogens is 1. The van der Waals surface area contributed by atoms with Gasteiger partial charge < -0.3 is 0 Å². The fourth-order valence-electron chi connectivity index (χ4n) is 7.13. The van der Waals surface area contributed by atoms with Crippen LogP contribution in [0.4, 0.5) is 4.39 Å². The van der Waals surface area contributed by atoms with Crippen LogP contribution < -0.4 is 0 Å². The molecule has 0 aromatic heterocycles. The van der Waals surface area contributed by atoms with Crippen molar-refractivity contribution in [3.63, 3.8) is 0 Å². The van der Waals surface area contributed by atoms with Crippen molar-refractivity contribution in [2.45, 2.75) is 116 Å². The minimum absolute atomic E-state index is 0.113. The Hall–Kier alpha value is -1.11. The topological polar surface area (TPSA) is 0 Å². The smallest absolute Gasteiger partial charge is 0.126 e. The third-order valence-corrected chi connectivity index (χ3v) is 9.01. The molecule has 5 unspecified atom stereocenters. The summed E-state index contributed by atoms with van der Waals surface area (Å²) in [5.74, 6) is 4.19. The molecule has 172 valence electrons. The number of rotatable bonds is 8. The summed E-state index contributed by atoms with van der Waals surface area (Å²) >= 11 is 0. The van der Waals surface area contributed by atoms with Crippen molar-refractivity contribution in [3.8, 4) is 0 Å². The summed E-state index contributed by atoms with van der Waals surface area (Å²) in [5, 5.41) is 0. The zero-order valence-electron chi connectivity index (χ0n) is 20.2. The maximum Gasteiger partial charge on any atom is 0.126 e. The maximum atomic E-state index is 15.2. The molecule has 0 saturated heterocycles. The monoisotopic (exact) mass is 424 g/mol. The summed E-state index contributed by atoms with van der Waals surface area (Å²) in [7, 11) is 0. The molecule has 3 aliphatic rings. The summed E-state index contributed by atoms with van der Waals surface area (Å²) < 4.78 is 15.2. The first-order valence-electron chi connectivity index (χ1n) is 13.6. The highest BCUT2D eigenvalue weighted by molar-refractivity contribution is 5.37. The molecule has 1 aromatic rings. The second-order valence-electron chi connectivity index (χ2n) is 11.1. The van der Waals surface area contributed by atoms with Crippen molar-refractivity contribution >= 4 is 0 Å². The number of hydrogen-bond donors (Lipinski definition) is 0. The zero-order chi connectivity index (χ0) is 21.6. The molecule has 5 atom stereocenters. The van der Waals surface area contributed by atoms with Crippen LogP contribution in [0.25, 0.3) is 0 Å². The minimum atomic E-state index is 0.113. The Morgan fingerprint density at radius 3 is 2.61 bits per heavy atom. The average molecular weight is 425 g/mol. The lowest BCUT2D eigenvalue weighted by Gasteiger charge is -2.42. The molecular formula is C30H45F. The average Bonchev–Trinajstić information content (AvgIpc) is 2.79. The number of benzene rings is 1. The lowest BCUT2D eigenvalue weighted by molar-refractivity contribution is 0.115. The van der Waals surface area contributed by atoms with Gasteiger partial charge in [0, 0.05) is 0 Å². The Labute approximate surface area is 191 Å². The Balaban J connectivity index is 1.35. The van der Waals surface area contributed by atoms with Crippen LogP contribution in [-0.4, -0.2) is 0 Å². The first kappa shape index (κ1) is 23.1. The van der Waals surface area contributed by atoms with Gasteiger partial charge in [0.1, 0.15) is 5.82 Å². The van der Waals surface area contributed by atoms with Gasteiger partial charge in [-0.05, 0) is 123 Å². The fourth-order valence-corrected chi connectivity index (χ4v) is 7.13. The molecule has 2 saturated carbocycles. The largest absolute Gasteiger partial charge is 0.207 e. The zero-order valence-corrected chi connectivity index (χ0v) is 20.2. The van der Waals surface area contributed by atoms with E-state index in [0.717, 1.165) is 36.2 Å². The van der Waals surface area contributed by atoms with Gasteiger partial charge in [0.15, 0.2) is 0 Å². The van der Waals surface area contributed by atoms with E-state index in [2.05, 4.69) is 32.1 Å². The van der Waals surface area contributed by atoms with Crippen LogP contribution in [0.3, 0.4) is 0 Å². The molecule has 0 heterocycles. The maximum absolute atomic E-state index is 15.2. The summed E-state index contributed by atoms with van der Waals surface area (Å²) in [6, 6.07) is 4.37. The van der Waals surface area contributed by atoms with Gasteiger partial charge >= 0.3 is 0 Å². The van der Waals surface area contributed by atoms with Gasteiger partial charge in [-0.2, -0.15) is 0 Å². The van der Waals surface area contributed by atoms with Gasteiger partial charge in [-0.25, -0.2) is 4.39 Å². The molecule has 3 aliphatic carbocycles. The third kappa shape index (κ3) is 5.82. The van der Waals surface area contributed by atoms with E-state index in [1.165, 1.54) is 94.6 Å². The van der Waals surface area contributed by atoms with Gasteiger partial charge in [0.25, 0.3) is 0 Å². The first-order chi connectivity index (χ1) is 15.2. The van der Waals surface area contributed by atoms with Crippen molar-refractivity contribution in [1.29, 1.82) is 0 Å². The van der Waals surface area contributed by atoms with Crippen molar-refractivity contribution in [3.05, 3.63) is 46.8 Å². The summed E-state index contributed by atoms with van der Waals surface area (Å²) in [5.41, 5.74) is 3.73. The normalized spacial score (nSPS) is 30.9. The minimum Gasteiger partial charge on any atom is -0.207 e. The van der Waals surface area contributed by atoms with Crippen LogP contribution in [0.1, 0.15) is 120 Å². The second kappa shape index (κ2) is 11.2. The third-order valence-electron chi connectivity index (χ3n) is 9.01. The molecule has 0 amide bonds. The molecule has 0 nitrogen and oxygen atoms in total. The number of aryl methyl sites for hydroxylation is 1. The van der Waals surface area contributed by atoms with E-state index in [1.54, 1.807) is 0 Å². The lowest BCUT2D eigenvalue weighted by Crippen LogP contribution is -2.30. The summed E-state index contributed by atoms with van der Waals surface area (Å²) in [4.78, 5) is 0. The molecule has 4 rings (SSSR count). The van der Waals surface area contributed by atoms with E-state index in [4.69, 9.17) is 0 Å². The van der Waals surface area contributed by atoms with Crippen LogP contribution in [0, 0.1) is 29.5 Å². The highest BCUT2D eigenvalue weighted by Crippen LogP contribution is 2.49. The number of unbranched alkanes of at least 4 members (excludes halogenated alkanes) is 2. The molecular weight excluding hydrogens is 379 g/mol. The molecule has 0 aliphatic heterocycles. The van der Waals surface area contributed by atoms with E-state index in [0.29, 0.717) is 11.8 Å². The van der Waals surface area contributed by atoms with Crippen LogP contribution in [0.2, 0.25) is 0 Å². The highest BCUT2D eigenvalue weighted by Gasteiger charge is 2.36. The quantitative estimate of drug-likeness (QED) is 0.288. The SMILES string of the molecule is C/C=C/CCC1CCC2CC(c3cc(F)c4c(c3)CCC(CCCCC)C4)CCC2C1. The van der Waals surface area contributed by atoms with E-state index >= 15 is 4.39 Å². The fraction of sp³-hybridized carbons (Fsp3) is 0.733. The Morgan fingerprint density at radius 2 is 1.77 bits per heavy atom. The van der Waals surface area contributed by atoms with Gasteiger partial charge in [0.2, 0.25) is 0 Å². The predicted octanol–water partition coefficient (Wildman–Crippen LogP) is 9.17. The Bertz CT molecular complexity index is 732. The van der Waals surface area contributed by atoms with E-state index in [1.807, 2.05) is 6.07 Å². The molecule has 0 N–H and O–H groups in total. The molecule has 0 radical (unpaired) electrons. The summed E-state index contributed by atoms with van der Waals surface area (Å²) in [6.45, 7) is 4.40. The van der Waals surface area contributed by atoms with Crippen LogP contribution in [0.5, 0.6) is 0 Å². The van der Waals surface area contributed by atoms with Crippen LogP contribution in [-0.2, 0) is 12.8 Å². The van der Waals surface area contributed by atoms with E-state index in [9.17, 15) is 0 Å². The van der Waals surface area contributed by atoms with Crippen LogP contribution in [0.15, 0.2) is 24.3 Å². The summed E-state index contributed by atoms with van der Waals surface area (Å²) in [6.07, 6.45) is 24.0. The molecule has 1 aromatic carbocycles. The van der Waals surface area contributed by atoms with Gasteiger partial charge in [0.05, 0.1) is 0 Å². The van der Waals surface area contributed by atoms with E-state index in [-0.39, 0.29) is 5.82 Å². The van der Waals surface area contributed by atoms with Crippen molar-refractivity contribution in [2.75, 3.05) is 0 Å². The Kier molecular flexibility index (Phi) is 8.30. The molecule has 0 spiro atoms. The van der Waals surface area contributed by atoms with Crippen molar-refractivity contribution < 1.29 is 4.39 Å². The first-order valence-corrected chi connectivity index (χ1v) is 13.6. The Morgan fingerprint density at radius 1 is 0.935 bits per heavy atom. The van der Waals surface area contributed by atoms with Gasteiger partial charge in [-0.1, -0.05) is 57.2 Å². The molecule has 0 bridgehead atoms. The standard InChI is InChI=1S/C30H45F/c1-3-5-7-9-22-11-13-25-19-26(16-15-24(25)17-22)28-20-27-14-12-23(10-8-6-4-2)18-29(27)30(31)21-28/h3,5,20-26H,4,6-19H2,1-2H3/b5-3+. The molecule has 1 heteroatoms. The second-order valence-corrected chi connectivity index (χ2v) is 11.1. The van der Waals surface area contributed by atoms with E-state index < -0.39 is 0 Å². The van der Waals surface area contributed by atoms with Crippen molar-refractivity contribution in [2.24, 2.45) is 23.7 Å². The lowest BCUT2D eigenvalue weighted by atomic mass is 9.63. The highest BCUT2D eigenvalue weighted by atomic mass is 19.1. The predicted molar refractivity (Wildman–Crippen MR) is 131 cm³/mol. The van der Waals surface area contributed by atoms with Crippen molar-refractivity contribution in [1.82, 2.24) is 0 Å². The number of allylic oxidation sites excluding steroid dienone is 2. The van der Waals surface area contributed by atoms with Crippen LogP contribution >= 0.6 is 0 Å². The number of hydrogen-bond acceptors (Lipinski definition) is 0. The molecule has 31 heavy (non-hydrogen) atoms. The van der Waals surface area contributed by atoms with Gasteiger partial charge in [-0.3, -0.25) is 0 Å². The van der Waals surface area contributed by atoms with Gasteiger partial charge in [-0.15, -0.1) is 0 Å². The molecule has 2 fully saturated rings. The number of fused-ring (bicyclic) bond motifs is 2.